The van der Waals surface area contributed by atoms with Gasteiger partial charge in [0.2, 0.25) is 5.96 Å². The summed E-state index contributed by atoms with van der Waals surface area (Å²) in [5.74, 6) is -0.315. The summed E-state index contributed by atoms with van der Waals surface area (Å²) in [4.78, 5) is 0. The lowest BCUT2D eigenvalue weighted by Crippen LogP contribution is -2.03. The van der Waals surface area contributed by atoms with E-state index < -0.39 is 0 Å². The van der Waals surface area contributed by atoms with Crippen LogP contribution < -0.4 is 5.73 Å². The van der Waals surface area contributed by atoms with Crippen LogP contribution >= 0.6 is 24.0 Å². The summed E-state index contributed by atoms with van der Waals surface area (Å²) < 4.78 is 0. The molecule has 0 aliphatic heterocycles. The van der Waals surface area contributed by atoms with Crippen LogP contribution in [0.2, 0.25) is 5.02 Å². The molecule has 0 heterocycles. The van der Waals surface area contributed by atoms with Crippen molar-refractivity contribution in [2.24, 2.45) is 16.0 Å². The zero-order chi connectivity index (χ0) is 8.97. The van der Waals surface area contributed by atoms with E-state index in [2.05, 4.69) is 10.2 Å². The van der Waals surface area contributed by atoms with Crippen LogP contribution in [0.1, 0.15) is 0 Å². The van der Waals surface area contributed by atoms with Gasteiger partial charge in [0.15, 0.2) is 0 Å². The Morgan fingerprint density at radius 1 is 1.31 bits per heavy atom. The first-order valence-electron chi connectivity index (χ1n) is 3.20. The third kappa shape index (κ3) is 4.45. The lowest BCUT2D eigenvalue weighted by atomic mass is 10.3. The highest BCUT2D eigenvalue weighted by atomic mass is 35.5. The number of nitrogens with zero attached hydrogens (tertiary/aromatic N) is 2. The Morgan fingerprint density at radius 3 is 2.31 bits per heavy atom. The monoisotopic (exact) mass is 218 g/mol. The van der Waals surface area contributed by atoms with Crippen LogP contribution in [0, 0.1) is 5.41 Å². The summed E-state index contributed by atoms with van der Waals surface area (Å²) in [6, 6.07) is 6.76. The molecule has 1 aromatic carbocycles. The third-order valence-corrected chi connectivity index (χ3v) is 1.35. The third-order valence-electron chi connectivity index (χ3n) is 1.10. The maximum atomic E-state index is 6.78. The van der Waals surface area contributed by atoms with Gasteiger partial charge in [-0.05, 0) is 24.3 Å². The number of nitrogens with one attached hydrogen (secondary N) is 1. The van der Waals surface area contributed by atoms with Crippen LogP contribution in [-0.2, 0) is 0 Å². The molecule has 0 saturated carbocycles. The minimum absolute atomic E-state index is 0. The van der Waals surface area contributed by atoms with Gasteiger partial charge in [-0.15, -0.1) is 22.6 Å². The van der Waals surface area contributed by atoms with Gasteiger partial charge in [0.25, 0.3) is 0 Å². The molecule has 0 amide bonds. The maximum Gasteiger partial charge on any atom is 0.232 e. The standard InChI is InChI=1S/C7H7ClN4.ClH/c8-5-1-3-6(4-2-5)11-12-7(9)10;/h1-4H,(H3,9,10);1H. The predicted molar refractivity (Wildman–Crippen MR) is 55.1 cm³/mol. The minimum Gasteiger partial charge on any atom is -0.367 e. The quantitative estimate of drug-likeness (QED) is 0.425. The maximum absolute atomic E-state index is 6.78. The number of halogens is 2. The van der Waals surface area contributed by atoms with Gasteiger partial charge in [-0.3, -0.25) is 5.41 Å². The molecule has 1 aromatic rings. The van der Waals surface area contributed by atoms with Gasteiger partial charge in [-0.25, -0.2) is 0 Å². The first kappa shape index (κ1) is 11.9. The van der Waals surface area contributed by atoms with Crippen molar-refractivity contribution >= 4 is 35.7 Å². The van der Waals surface area contributed by atoms with Crippen LogP contribution in [0.5, 0.6) is 0 Å². The van der Waals surface area contributed by atoms with E-state index in [9.17, 15) is 0 Å². The highest BCUT2D eigenvalue weighted by Crippen LogP contribution is 2.16. The Balaban J connectivity index is 0.00000144. The smallest absolute Gasteiger partial charge is 0.232 e. The second-order valence-electron chi connectivity index (χ2n) is 2.06. The van der Waals surface area contributed by atoms with Crippen molar-refractivity contribution < 1.29 is 0 Å². The predicted octanol–water partition coefficient (Wildman–Crippen LogP) is 2.74. The van der Waals surface area contributed by atoms with Gasteiger partial charge in [0.1, 0.15) is 0 Å². The fourth-order valence-corrected chi connectivity index (χ4v) is 0.745. The fraction of sp³-hybridized carbons (Fsp3) is 0. The molecule has 13 heavy (non-hydrogen) atoms. The molecular weight excluding hydrogens is 211 g/mol. The molecule has 3 N–H and O–H groups in total. The van der Waals surface area contributed by atoms with Crippen LogP contribution in [-0.4, -0.2) is 5.96 Å². The second kappa shape index (κ2) is 5.50. The topological polar surface area (TPSA) is 74.6 Å². The Kier molecular flexibility index (Phi) is 5.03. The molecule has 4 nitrogen and oxygen atoms in total. The molecular formula is C7H8Cl2N4. The van der Waals surface area contributed by atoms with E-state index in [0.717, 1.165) is 0 Å². The Labute approximate surface area is 86.7 Å². The molecule has 0 atom stereocenters. The Bertz CT molecular complexity index is 307. The van der Waals surface area contributed by atoms with Crippen molar-refractivity contribution in [1.29, 1.82) is 5.41 Å². The lowest BCUT2D eigenvalue weighted by Gasteiger charge is -1.90. The highest BCUT2D eigenvalue weighted by molar-refractivity contribution is 6.30. The number of hydrogen-bond acceptors (Lipinski definition) is 2. The van der Waals surface area contributed by atoms with Crippen LogP contribution in [0.15, 0.2) is 34.5 Å². The van der Waals surface area contributed by atoms with Crippen LogP contribution in [0.3, 0.4) is 0 Å². The van der Waals surface area contributed by atoms with Crippen molar-refractivity contribution in [3.8, 4) is 0 Å². The Hall–Kier alpha value is -1.13. The molecule has 0 spiro atoms. The van der Waals surface area contributed by atoms with E-state index in [1.165, 1.54) is 0 Å². The molecule has 0 saturated heterocycles. The summed E-state index contributed by atoms with van der Waals surface area (Å²) in [6.45, 7) is 0. The zero-order valence-corrected chi connectivity index (χ0v) is 8.14. The van der Waals surface area contributed by atoms with Gasteiger partial charge < -0.3 is 5.73 Å². The summed E-state index contributed by atoms with van der Waals surface area (Å²) in [5, 5.41) is 14.4. The minimum atomic E-state index is -0.315. The molecule has 0 radical (unpaired) electrons. The van der Waals surface area contributed by atoms with Crippen molar-refractivity contribution in [2.45, 2.75) is 0 Å². The molecule has 0 fully saturated rings. The number of benzene rings is 1. The summed E-state index contributed by atoms with van der Waals surface area (Å²) in [7, 11) is 0. The molecule has 0 aromatic heterocycles. The first-order chi connectivity index (χ1) is 5.68. The lowest BCUT2D eigenvalue weighted by molar-refractivity contribution is 1.22. The largest absolute Gasteiger partial charge is 0.367 e. The van der Waals surface area contributed by atoms with E-state index in [1.54, 1.807) is 24.3 Å². The number of hydrogen-bond donors (Lipinski definition) is 2. The van der Waals surface area contributed by atoms with Crippen LogP contribution in [0.4, 0.5) is 5.69 Å². The van der Waals surface area contributed by atoms with Crippen LogP contribution in [0.25, 0.3) is 0 Å². The molecule has 0 aliphatic carbocycles. The number of rotatable bonds is 1. The van der Waals surface area contributed by atoms with E-state index >= 15 is 0 Å². The summed E-state index contributed by atoms with van der Waals surface area (Å²) in [6.07, 6.45) is 0. The SMILES string of the molecule is Cl.N=C(N)N=Nc1ccc(Cl)cc1. The molecule has 0 aliphatic rings. The normalized spacial score (nSPS) is 9.62. The van der Waals surface area contributed by atoms with E-state index in [4.69, 9.17) is 22.7 Å². The molecule has 70 valence electrons. The molecule has 0 bridgehead atoms. The van der Waals surface area contributed by atoms with E-state index in [0.29, 0.717) is 10.7 Å². The van der Waals surface area contributed by atoms with Gasteiger partial charge in [0, 0.05) is 5.02 Å². The van der Waals surface area contributed by atoms with Gasteiger partial charge in [-0.1, -0.05) is 11.6 Å². The summed E-state index contributed by atoms with van der Waals surface area (Å²) in [5.41, 5.74) is 5.59. The van der Waals surface area contributed by atoms with Gasteiger partial charge >= 0.3 is 0 Å². The number of nitrogens with two attached hydrogens (primary N) is 1. The molecule has 6 heteroatoms. The molecule has 0 unspecified atom stereocenters. The second-order valence-corrected chi connectivity index (χ2v) is 2.50. The Morgan fingerprint density at radius 2 is 1.85 bits per heavy atom. The van der Waals surface area contributed by atoms with Crippen molar-refractivity contribution in [3.05, 3.63) is 29.3 Å². The zero-order valence-electron chi connectivity index (χ0n) is 6.57. The highest BCUT2D eigenvalue weighted by Gasteiger charge is 1.89. The van der Waals surface area contributed by atoms with E-state index in [1.807, 2.05) is 0 Å². The average molecular weight is 219 g/mol. The van der Waals surface area contributed by atoms with Crippen molar-refractivity contribution in [2.75, 3.05) is 0 Å². The van der Waals surface area contributed by atoms with Gasteiger partial charge in [0.05, 0.1) is 5.69 Å². The van der Waals surface area contributed by atoms with Crippen molar-refractivity contribution in [1.82, 2.24) is 0 Å². The first-order valence-corrected chi connectivity index (χ1v) is 3.57. The number of guanidine groups is 1. The molecule has 1 rings (SSSR count). The number of azo groups is 1. The van der Waals surface area contributed by atoms with E-state index in [-0.39, 0.29) is 18.4 Å². The van der Waals surface area contributed by atoms with Gasteiger partial charge in [-0.2, -0.15) is 0 Å². The van der Waals surface area contributed by atoms with Crippen molar-refractivity contribution in [3.63, 3.8) is 0 Å². The fourth-order valence-electron chi connectivity index (χ4n) is 0.619. The summed E-state index contributed by atoms with van der Waals surface area (Å²) >= 11 is 5.64. The average Bonchev–Trinajstić information content (AvgIpc) is 2.03.